The van der Waals surface area contributed by atoms with E-state index in [0.29, 0.717) is 12.2 Å². The summed E-state index contributed by atoms with van der Waals surface area (Å²) in [4.78, 5) is 11.0. The van der Waals surface area contributed by atoms with Crippen LogP contribution in [0, 0.1) is 20.8 Å². The van der Waals surface area contributed by atoms with Crippen LogP contribution in [0.5, 0.6) is 5.75 Å². The summed E-state index contributed by atoms with van der Waals surface area (Å²) in [6, 6.07) is 11.7. The summed E-state index contributed by atoms with van der Waals surface area (Å²) in [5.74, 6) is 0.592. The van der Waals surface area contributed by atoms with Gasteiger partial charge in [0, 0.05) is 0 Å². The van der Waals surface area contributed by atoms with Gasteiger partial charge in [-0.15, -0.1) is 0 Å². The highest BCUT2D eigenvalue weighted by molar-refractivity contribution is 5.77. The number of carbonyl (C=O) groups is 1. The normalized spacial score (nSPS) is 12.0. The lowest BCUT2D eigenvalue weighted by Gasteiger charge is -2.14. The smallest absolute Gasteiger partial charge is 0.167 e. The molecule has 2 aromatic rings. The molecule has 0 aliphatic heterocycles. The molecule has 1 N–H and O–H groups in total. The number of benzene rings is 2. The fourth-order valence-corrected chi connectivity index (χ4v) is 2.74. The van der Waals surface area contributed by atoms with Crippen LogP contribution in [0.15, 0.2) is 36.4 Å². The molecule has 0 saturated carbocycles. The van der Waals surface area contributed by atoms with Gasteiger partial charge in [-0.3, -0.25) is 4.79 Å². The molecule has 0 heterocycles. The van der Waals surface area contributed by atoms with E-state index in [-0.39, 0.29) is 12.4 Å². The van der Waals surface area contributed by atoms with Gasteiger partial charge in [-0.2, -0.15) is 0 Å². The van der Waals surface area contributed by atoms with Crippen LogP contribution in [0.25, 0.3) is 0 Å². The van der Waals surface area contributed by atoms with E-state index in [1.54, 1.807) is 12.1 Å². The number of ether oxygens (including phenoxy) is 1. The molecule has 0 amide bonds. The van der Waals surface area contributed by atoms with Gasteiger partial charge in [-0.25, -0.2) is 0 Å². The molecule has 2 aromatic carbocycles. The van der Waals surface area contributed by atoms with Gasteiger partial charge in [-0.05, 0) is 80.5 Å². The summed E-state index contributed by atoms with van der Waals surface area (Å²) in [7, 11) is 0. The Morgan fingerprint density at radius 1 is 1.12 bits per heavy atom. The molecule has 3 nitrogen and oxygen atoms in total. The Bertz CT molecular complexity index is 696. The highest BCUT2D eigenvalue weighted by atomic mass is 16.5. The lowest BCUT2D eigenvalue weighted by molar-refractivity contribution is -0.118. The summed E-state index contributed by atoms with van der Waals surface area (Å²) < 4.78 is 5.41. The van der Waals surface area contributed by atoms with Crippen molar-refractivity contribution >= 4 is 5.78 Å². The Balaban J connectivity index is 2.01. The molecule has 0 spiro atoms. The first-order chi connectivity index (χ1) is 11.4. The predicted molar refractivity (Wildman–Crippen MR) is 96.6 cm³/mol. The first-order valence-corrected chi connectivity index (χ1v) is 8.34. The van der Waals surface area contributed by atoms with Crippen molar-refractivity contribution in [3.63, 3.8) is 0 Å². The number of carbonyl (C=O) groups excluding carboxylic acids is 1. The number of aliphatic hydroxyl groups is 1. The molecule has 0 saturated heterocycles. The third kappa shape index (κ3) is 4.93. The average Bonchev–Trinajstić information content (AvgIpc) is 2.55. The number of aliphatic hydroxyl groups excluding tert-OH is 1. The molecule has 0 aliphatic carbocycles. The number of hydrogen-bond acceptors (Lipinski definition) is 3. The van der Waals surface area contributed by atoms with Gasteiger partial charge < -0.3 is 9.84 Å². The second kappa shape index (κ2) is 8.11. The number of aryl methyl sites for hydroxylation is 3. The fraction of sp³-hybridized carbons (Fsp3) is 0.381. The second-order valence-corrected chi connectivity index (χ2v) is 6.47. The molecule has 0 radical (unpaired) electrons. The SMILES string of the molecule is CC(=O)COc1cccc(C(O)CCc2cc(C)c(C)c(C)c2)c1. The maximum atomic E-state index is 11.0. The van der Waals surface area contributed by atoms with E-state index in [2.05, 4.69) is 32.9 Å². The van der Waals surface area contributed by atoms with Gasteiger partial charge in [0.05, 0.1) is 6.10 Å². The Labute approximate surface area is 144 Å². The summed E-state index contributed by atoms with van der Waals surface area (Å²) in [6.07, 6.45) is 0.924. The number of rotatable bonds is 7. The minimum Gasteiger partial charge on any atom is -0.486 e. The molecule has 1 atom stereocenters. The van der Waals surface area contributed by atoms with Crippen LogP contribution in [0.4, 0.5) is 0 Å². The Morgan fingerprint density at radius 2 is 1.79 bits per heavy atom. The topological polar surface area (TPSA) is 46.5 Å². The number of Topliss-reactive ketones (excluding diaryl/α,β-unsaturated/α-hetero) is 1. The maximum absolute atomic E-state index is 11.0. The second-order valence-electron chi connectivity index (χ2n) is 6.47. The third-order valence-electron chi connectivity index (χ3n) is 4.38. The molecular weight excluding hydrogens is 300 g/mol. The minimum atomic E-state index is -0.548. The monoisotopic (exact) mass is 326 g/mol. The standard InChI is InChI=1S/C21H26O3/c1-14-10-18(11-15(2)17(14)4)8-9-21(23)19-6-5-7-20(12-19)24-13-16(3)22/h5-7,10-12,21,23H,8-9,13H2,1-4H3. The van der Waals surface area contributed by atoms with Gasteiger partial charge in [0.25, 0.3) is 0 Å². The first kappa shape index (κ1) is 18.2. The van der Waals surface area contributed by atoms with E-state index in [9.17, 15) is 9.90 Å². The highest BCUT2D eigenvalue weighted by Gasteiger charge is 2.10. The van der Waals surface area contributed by atoms with Crippen molar-refractivity contribution in [2.45, 2.75) is 46.6 Å². The van der Waals surface area contributed by atoms with Gasteiger partial charge in [0.15, 0.2) is 5.78 Å². The lowest BCUT2D eigenvalue weighted by atomic mass is 9.96. The molecule has 128 valence electrons. The van der Waals surface area contributed by atoms with Crippen molar-refractivity contribution < 1.29 is 14.6 Å². The molecular formula is C21H26O3. The molecule has 0 aromatic heterocycles. The molecule has 0 aliphatic rings. The van der Waals surface area contributed by atoms with Crippen LogP contribution < -0.4 is 4.74 Å². The van der Waals surface area contributed by atoms with Crippen LogP contribution in [0.3, 0.4) is 0 Å². The van der Waals surface area contributed by atoms with Gasteiger partial charge in [0.1, 0.15) is 12.4 Å². The quantitative estimate of drug-likeness (QED) is 0.827. The van der Waals surface area contributed by atoms with Gasteiger partial charge >= 0.3 is 0 Å². The predicted octanol–water partition coefficient (Wildman–Crippen LogP) is 4.25. The zero-order valence-corrected chi connectivity index (χ0v) is 14.9. The van der Waals surface area contributed by atoms with Crippen molar-refractivity contribution in [2.75, 3.05) is 6.61 Å². The summed E-state index contributed by atoms with van der Waals surface area (Å²) >= 11 is 0. The average molecular weight is 326 g/mol. The van der Waals surface area contributed by atoms with Crippen molar-refractivity contribution in [1.82, 2.24) is 0 Å². The summed E-state index contributed by atoms with van der Waals surface area (Å²) in [5, 5.41) is 10.5. The Hall–Kier alpha value is -2.13. The van der Waals surface area contributed by atoms with E-state index >= 15 is 0 Å². The molecule has 24 heavy (non-hydrogen) atoms. The Morgan fingerprint density at radius 3 is 2.42 bits per heavy atom. The first-order valence-electron chi connectivity index (χ1n) is 8.34. The molecule has 2 rings (SSSR count). The lowest BCUT2D eigenvalue weighted by Crippen LogP contribution is -2.07. The van der Waals surface area contributed by atoms with Crippen LogP contribution in [-0.2, 0) is 11.2 Å². The van der Waals surface area contributed by atoms with Crippen molar-refractivity contribution in [1.29, 1.82) is 0 Å². The molecule has 0 fully saturated rings. The van der Waals surface area contributed by atoms with Crippen molar-refractivity contribution in [3.8, 4) is 5.75 Å². The zero-order valence-electron chi connectivity index (χ0n) is 14.9. The van der Waals surface area contributed by atoms with Crippen LogP contribution in [0.1, 0.15) is 47.3 Å². The van der Waals surface area contributed by atoms with Gasteiger partial charge in [-0.1, -0.05) is 24.3 Å². The third-order valence-corrected chi connectivity index (χ3v) is 4.38. The number of ketones is 1. The van der Waals surface area contributed by atoms with Crippen LogP contribution in [-0.4, -0.2) is 17.5 Å². The molecule has 1 unspecified atom stereocenters. The van der Waals surface area contributed by atoms with E-state index in [0.717, 1.165) is 12.0 Å². The molecule has 0 bridgehead atoms. The van der Waals surface area contributed by atoms with Crippen molar-refractivity contribution in [2.24, 2.45) is 0 Å². The molecule has 3 heteroatoms. The largest absolute Gasteiger partial charge is 0.486 e. The van der Waals surface area contributed by atoms with Crippen LogP contribution >= 0.6 is 0 Å². The van der Waals surface area contributed by atoms with E-state index in [4.69, 9.17) is 4.74 Å². The van der Waals surface area contributed by atoms with E-state index in [1.165, 1.54) is 29.2 Å². The summed E-state index contributed by atoms with van der Waals surface area (Å²) in [6.45, 7) is 7.93. The fourth-order valence-electron chi connectivity index (χ4n) is 2.74. The number of hydrogen-bond donors (Lipinski definition) is 1. The zero-order chi connectivity index (χ0) is 17.7. The minimum absolute atomic E-state index is 0.0222. The highest BCUT2D eigenvalue weighted by Crippen LogP contribution is 2.24. The summed E-state index contributed by atoms with van der Waals surface area (Å²) in [5.41, 5.74) is 5.98. The van der Waals surface area contributed by atoms with Crippen molar-refractivity contribution in [3.05, 3.63) is 64.2 Å². The van der Waals surface area contributed by atoms with E-state index in [1.807, 2.05) is 12.1 Å². The van der Waals surface area contributed by atoms with E-state index < -0.39 is 6.10 Å². The van der Waals surface area contributed by atoms with Gasteiger partial charge in [0.2, 0.25) is 0 Å². The van der Waals surface area contributed by atoms with Crippen LogP contribution in [0.2, 0.25) is 0 Å². The Kier molecular flexibility index (Phi) is 6.16. The maximum Gasteiger partial charge on any atom is 0.167 e.